The summed E-state index contributed by atoms with van der Waals surface area (Å²) in [4.78, 5) is 28.7. The van der Waals surface area contributed by atoms with E-state index in [0.717, 1.165) is 17.6 Å². The van der Waals surface area contributed by atoms with Crippen LogP contribution < -0.4 is 19.7 Å². The van der Waals surface area contributed by atoms with E-state index in [9.17, 15) is 10.1 Å². The third kappa shape index (κ3) is 5.13. The molecule has 0 aliphatic carbocycles. The van der Waals surface area contributed by atoms with Crippen molar-refractivity contribution in [1.82, 2.24) is 24.4 Å². The first-order chi connectivity index (χ1) is 17.3. The molecule has 0 fully saturated rings. The fourth-order valence-corrected chi connectivity index (χ4v) is 3.72. The van der Waals surface area contributed by atoms with Crippen LogP contribution in [0.1, 0.15) is 0 Å². The average Bonchev–Trinajstić information content (AvgIpc) is 3.30. The summed E-state index contributed by atoms with van der Waals surface area (Å²) in [6.45, 7) is 1.35. The molecular weight excluding hydrogens is 464 g/mol. The van der Waals surface area contributed by atoms with Crippen LogP contribution >= 0.6 is 0 Å². The molecule has 12 heteroatoms. The summed E-state index contributed by atoms with van der Waals surface area (Å²) in [5.74, 6) is 1.82. The second kappa shape index (κ2) is 10.4. The summed E-state index contributed by atoms with van der Waals surface area (Å²) in [6.07, 6.45) is 3.46. The van der Waals surface area contributed by atoms with E-state index in [-0.39, 0.29) is 11.6 Å². The number of aromatic nitrogens is 4. The number of nitro groups is 1. The van der Waals surface area contributed by atoms with Crippen molar-refractivity contribution in [2.45, 2.75) is 0 Å². The number of pyridine rings is 1. The Labute approximate surface area is 208 Å². The van der Waals surface area contributed by atoms with Crippen LogP contribution in [0.3, 0.4) is 0 Å². The minimum atomic E-state index is -0.406. The molecule has 3 heterocycles. The zero-order valence-electron chi connectivity index (χ0n) is 20.8. The van der Waals surface area contributed by atoms with Gasteiger partial charge in [0.1, 0.15) is 17.3 Å². The Bertz CT molecular complexity index is 1390. The first kappa shape index (κ1) is 24.7. The summed E-state index contributed by atoms with van der Waals surface area (Å²) in [6, 6.07) is 10.4. The van der Waals surface area contributed by atoms with Crippen molar-refractivity contribution in [2.75, 3.05) is 58.7 Å². The van der Waals surface area contributed by atoms with Crippen LogP contribution in [-0.2, 0) is 0 Å². The van der Waals surface area contributed by atoms with Gasteiger partial charge in [-0.2, -0.15) is 4.98 Å². The normalized spacial score (nSPS) is 11.1. The fourth-order valence-electron chi connectivity index (χ4n) is 3.72. The maximum Gasteiger partial charge on any atom is 0.294 e. The van der Waals surface area contributed by atoms with Gasteiger partial charge in [-0.3, -0.25) is 14.7 Å². The van der Waals surface area contributed by atoms with E-state index < -0.39 is 4.92 Å². The predicted molar refractivity (Wildman–Crippen MR) is 138 cm³/mol. The molecule has 0 aliphatic heterocycles. The van der Waals surface area contributed by atoms with Crippen molar-refractivity contribution in [3.63, 3.8) is 0 Å². The quantitative estimate of drug-likeness (QED) is 0.260. The fraction of sp³-hybridized carbons (Fsp3) is 0.292. The Morgan fingerprint density at radius 2 is 1.86 bits per heavy atom. The van der Waals surface area contributed by atoms with Gasteiger partial charge in [0.2, 0.25) is 11.8 Å². The smallest absolute Gasteiger partial charge is 0.294 e. The van der Waals surface area contributed by atoms with Gasteiger partial charge in [0.15, 0.2) is 0 Å². The minimum Gasteiger partial charge on any atom is -0.494 e. The number of hydrogen-bond donors (Lipinski definition) is 1. The lowest BCUT2D eigenvalue weighted by Gasteiger charge is -2.22. The lowest BCUT2D eigenvalue weighted by molar-refractivity contribution is -0.384. The molecule has 3 aromatic heterocycles. The van der Waals surface area contributed by atoms with Gasteiger partial charge in [-0.1, -0.05) is 0 Å². The van der Waals surface area contributed by atoms with Gasteiger partial charge in [0, 0.05) is 50.7 Å². The molecule has 0 bridgehead atoms. The largest absolute Gasteiger partial charge is 0.494 e. The summed E-state index contributed by atoms with van der Waals surface area (Å²) in [7, 11) is 8.81. The average molecular weight is 493 g/mol. The standard InChI is InChI=1S/C24H28N8O4/c1-29(2)12-13-30(3)19-15-21(35-4)17(14-20(19)32(33)34)27-24-25-10-8-22(28-24)31-11-9-16-18(31)6-7-23(26-16)36-5/h6-11,14-15H,12-13H2,1-5H3,(H,25,27,28). The Hall–Kier alpha value is -4.45. The second-order valence-corrected chi connectivity index (χ2v) is 8.33. The van der Waals surface area contributed by atoms with Crippen LogP contribution in [0, 0.1) is 10.1 Å². The van der Waals surface area contributed by atoms with E-state index >= 15 is 0 Å². The zero-order chi connectivity index (χ0) is 25.8. The van der Waals surface area contributed by atoms with E-state index in [2.05, 4.69) is 20.3 Å². The van der Waals surface area contributed by atoms with Gasteiger partial charge in [0.25, 0.3) is 5.69 Å². The number of nitro benzene ring substituents is 1. The van der Waals surface area contributed by atoms with Crippen LogP contribution in [0.15, 0.2) is 48.8 Å². The Kier molecular flexibility index (Phi) is 7.15. The molecule has 188 valence electrons. The molecule has 1 aromatic carbocycles. The topological polar surface area (TPSA) is 124 Å². The van der Waals surface area contributed by atoms with Crippen LogP contribution in [0.5, 0.6) is 11.6 Å². The zero-order valence-corrected chi connectivity index (χ0v) is 20.8. The maximum atomic E-state index is 11.9. The third-order valence-electron chi connectivity index (χ3n) is 5.65. The maximum absolute atomic E-state index is 11.9. The summed E-state index contributed by atoms with van der Waals surface area (Å²) in [5, 5.41) is 15.0. The van der Waals surface area contributed by atoms with Gasteiger partial charge in [-0.05, 0) is 32.3 Å². The molecule has 0 atom stereocenters. The molecule has 0 aliphatic rings. The molecule has 0 spiro atoms. The van der Waals surface area contributed by atoms with Crippen molar-refractivity contribution in [2.24, 2.45) is 0 Å². The number of anilines is 3. The molecule has 0 saturated heterocycles. The summed E-state index contributed by atoms with van der Waals surface area (Å²) >= 11 is 0. The van der Waals surface area contributed by atoms with Crippen LogP contribution in [0.2, 0.25) is 0 Å². The van der Waals surface area contributed by atoms with Crippen LogP contribution in [-0.4, -0.2) is 77.8 Å². The number of likely N-dealkylation sites (N-methyl/N-ethyl adjacent to an activating group) is 2. The van der Waals surface area contributed by atoms with E-state index in [0.29, 0.717) is 35.4 Å². The van der Waals surface area contributed by atoms with Gasteiger partial charge in [-0.15, -0.1) is 0 Å². The molecular formula is C24H28N8O4. The second-order valence-electron chi connectivity index (χ2n) is 8.33. The molecule has 0 amide bonds. The number of ether oxygens (including phenoxy) is 2. The minimum absolute atomic E-state index is 0.0489. The third-order valence-corrected chi connectivity index (χ3v) is 5.65. The van der Waals surface area contributed by atoms with Crippen molar-refractivity contribution < 1.29 is 14.4 Å². The monoisotopic (exact) mass is 492 g/mol. The Morgan fingerprint density at radius 1 is 1.06 bits per heavy atom. The van der Waals surface area contributed by atoms with Crippen molar-refractivity contribution in [3.05, 3.63) is 58.9 Å². The van der Waals surface area contributed by atoms with Crippen LogP contribution in [0.25, 0.3) is 16.9 Å². The Morgan fingerprint density at radius 3 is 2.56 bits per heavy atom. The molecule has 0 unspecified atom stereocenters. The van der Waals surface area contributed by atoms with E-state index in [1.54, 1.807) is 31.5 Å². The SMILES string of the molecule is COc1ccc2c(ccn2-c2ccnc(Nc3cc([N+](=O)[O-])c(N(C)CCN(C)C)cc3OC)n2)n1. The first-order valence-electron chi connectivity index (χ1n) is 11.2. The van der Waals surface area contributed by atoms with Gasteiger partial charge < -0.3 is 24.6 Å². The lowest BCUT2D eigenvalue weighted by atomic mass is 10.2. The number of rotatable bonds is 10. The molecule has 1 N–H and O–H groups in total. The number of methoxy groups -OCH3 is 2. The van der Waals surface area contributed by atoms with Gasteiger partial charge in [-0.25, -0.2) is 9.97 Å². The van der Waals surface area contributed by atoms with Gasteiger partial charge in [0.05, 0.1) is 35.9 Å². The lowest BCUT2D eigenvalue weighted by Crippen LogP contribution is -2.28. The van der Waals surface area contributed by atoms with E-state index in [4.69, 9.17) is 9.47 Å². The number of hydrogen-bond acceptors (Lipinski definition) is 10. The highest BCUT2D eigenvalue weighted by molar-refractivity contribution is 5.79. The molecule has 0 radical (unpaired) electrons. The highest BCUT2D eigenvalue weighted by atomic mass is 16.6. The highest BCUT2D eigenvalue weighted by Crippen LogP contribution is 2.38. The predicted octanol–water partition coefficient (Wildman–Crippen LogP) is 3.48. The van der Waals surface area contributed by atoms with Gasteiger partial charge >= 0.3 is 0 Å². The molecule has 12 nitrogen and oxygen atoms in total. The Balaban J connectivity index is 1.67. The number of nitrogens with zero attached hydrogens (tertiary/aromatic N) is 7. The molecule has 36 heavy (non-hydrogen) atoms. The number of nitrogens with one attached hydrogen (secondary N) is 1. The molecule has 4 rings (SSSR count). The number of benzene rings is 1. The highest BCUT2D eigenvalue weighted by Gasteiger charge is 2.22. The van der Waals surface area contributed by atoms with Crippen molar-refractivity contribution in [3.8, 4) is 17.4 Å². The molecule has 4 aromatic rings. The summed E-state index contributed by atoms with van der Waals surface area (Å²) in [5.41, 5.74) is 2.40. The summed E-state index contributed by atoms with van der Waals surface area (Å²) < 4.78 is 12.6. The van der Waals surface area contributed by atoms with E-state index in [1.807, 2.05) is 53.8 Å². The van der Waals surface area contributed by atoms with Crippen molar-refractivity contribution >= 4 is 34.0 Å². The van der Waals surface area contributed by atoms with Crippen LogP contribution in [0.4, 0.5) is 23.0 Å². The van der Waals surface area contributed by atoms with E-state index in [1.165, 1.54) is 13.2 Å². The first-order valence-corrected chi connectivity index (χ1v) is 11.2. The van der Waals surface area contributed by atoms with Crippen molar-refractivity contribution in [1.29, 1.82) is 0 Å². The number of fused-ring (bicyclic) bond motifs is 1. The molecule has 0 saturated carbocycles.